The van der Waals surface area contributed by atoms with Gasteiger partial charge < -0.3 is 4.90 Å². The molecule has 1 aliphatic rings. The van der Waals surface area contributed by atoms with E-state index in [1.807, 2.05) is 0 Å². The van der Waals surface area contributed by atoms with Crippen LogP contribution in [0.2, 0.25) is 5.02 Å². The first-order valence-corrected chi connectivity index (χ1v) is 11.5. The molecule has 0 aromatic heterocycles. The fourth-order valence-corrected chi connectivity index (χ4v) is 5.24. The molecule has 0 spiro atoms. The Labute approximate surface area is 182 Å². The van der Waals surface area contributed by atoms with Gasteiger partial charge in [0.15, 0.2) is 5.78 Å². The molecule has 0 radical (unpaired) electrons. The second-order valence-electron chi connectivity index (χ2n) is 7.65. The Balaban J connectivity index is 2.09. The Morgan fingerprint density at radius 3 is 2.37 bits per heavy atom. The maximum atomic E-state index is 13.5. The predicted octanol–water partition coefficient (Wildman–Crippen LogP) is 3.70. The molecule has 8 heteroatoms. The number of nitrogens with zero attached hydrogens (tertiary/aromatic N) is 2. The summed E-state index contributed by atoms with van der Waals surface area (Å²) in [5.74, 6) is -0.490. The van der Waals surface area contributed by atoms with Crippen molar-refractivity contribution in [3.63, 3.8) is 0 Å². The van der Waals surface area contributed by atoms with Crippen LogP contribution in [0.1, 0.15) is 41.6 Å². The van der Waals surface area contributed by atoms with Crippen molar-refractivity contribution in [1.82, 2.24) is 9.21 Å². The summed E-state index contributed by atoms with van der Waals surface area (Å²) in [4.78, 5) is 28.1. The van der Waals surface area contributed by atoms with E-state index in [-0.39, 0.29) is 16.2 Å². The van der Waals surface area contributed by atoms with Gasteiger partial charge in [0, 0.05) is 43.7 Å². The number of amides is 1. The van der Waals surface area contributed by atoms with Gasteiger partial charge in [0.05, 0.1) is 4.90 Å². The van der Waals surface area contributed by atoms with Gasteiger partial charge in [-0.05, 0) is 43.5 Å². The number of Topliss-reactive ketones (excluding diaryl/α,β-unsaturated/α-hetero) is 1. The third-order valence-corrected chi connectivity index (χ3v) is 7.85. The summed E-state index contributed by atoms with van der Waals surface area (Å²) in [5, 5.41) is 0.427. The normalized spacial score (nSPS) is 19.7. The van der Waals surface area contributed by atoms with Crippen molar-refractivity contribution in [2.24, 2.45) is 0 Å². The van der Waals surface area contributed by atoms with Gasteiger partial charge in [-0.3, -0.25) is 9.59 Å². The van der Waals surface area contributed by atoms with Gasteiger partial charge >= 0.3 is 0 Å². The molecule has 1 fully saturated rings. The van der Waals surface area contributed by atoms with Crippen LogP contribution in [0, 0.1) is 0 Å². The number of benzene rings is 2. The van der Waals surface area contributed by atoms with Gasteiger partial charge in [0.2, 0.25) is 10.0 Å². The largest absolute Gasteiger partial charge is 0.325 e. The van der Waals surface area contributed by atoms with Crippen LogP contribution in [-0.4, -0.2) is 50.5 Å². The molecule has 2 aromatic carbocycles. The summed E-state index contributed by atoms with van der Waals surface area (Å²) < 4.78 is 26.1. The number of likely N-dealkylation sites (N-methyl/N-ethyl adjacent to an activating group) is 1. The SMILES string of the molecule is CN(C(=O)c1cccc(S(=O)(=O)N(C)C)c1)[C@@]1(c2ccccc2Cl)CCCCC1=O. The molecule has 1 amide bonds. The highest BCUT2D eigenvalue weighted by Crippen LogP contribution is 2.42. The first kappa shape index (κ1) is 22.5. The van der Waals surface area contributed by atoms with Gasteiger partial charge in [0.1, 0.15) is 5.54 Å². The van der Waals surface area contributed by atoms with Crippen LogP contribution < -0.4 is 0 Å². The van der Waals surface area contributed by atoms with Crippen LogP contribution in [0.5, 0.6) is 0 Å². The molecule has 1 aliphatic carbocycles. The Bertz CT molecular complexity index is 1080. The molecule has 1 saturated carbocycles. The molecule has 0 aliphatic heterocycles. The van der Waals surface area contributed by atoms with Crippen molar-refractivity contribution in [1.29, 1.82) is 0 Å². The Morgan fingerprint density at radius 1 is 1.03 bits per heavy atom. The Hall–Kier alpha value is -2.22. The van der Waals surface area contributed by atoms with Crippen molar-refractivity contribution in [3.8, 4) is 0 Å². The lowest BCUT2D eigenvalue weighted by molar-refractivity contribution is -0.132. The first-order valence-electron chi connectivity index (χ1n) is 9.71. The molecule has 6 nitrogen and oxygen atoms in total. The minimum Gasteiger partial charge on any atom is -0.325 e. The molecule has 3 rings (SSSR count). The van der Waals surface area contributed by atoms with E-state index in [1.54, 1.807) is 37.4 Å². The molecule has 0 saturated heterocycles. The zero-order valence-electron chi connectivity index (χ0n) is 17.3. The van der Waals surface area contributed by atoms with E-state index in [0.717, 1.165) is 17.1 Å². The molecule has 0 bridgehead atoms. The fourth-order valence-electron chi connectivity index (χ4n) is 4.00. The lowest BCUT2D eigenvalue weighted by atomic mass is 9.74. The zero-order valence-corrected chi connectivity index (χ0v) is 18.8. The number of ketones is 1. The quantitative estimate of drug-likeness (QED) is 0.698. The molecular formula is C22H25ClN2O4S. The lowest BCUT2D eigenvalue weighted by Crippen LogP contribution is -2.54. The highest BCUT2D eigenvalue weighted by molar-refractivity contribution is 7.89. The van der Waals surface area contributed by atoms with Crippen molar-refractivity contribution >= 4 is 33.3 Å². The molecule has 30 heavy (non-hydrogen) atoms. The third kappa shape index (κ3) is 3.77. The predicted molar refractivity (Wildman–Crippen MR) is 116 cm³/mol. The van der Waals surface area contributed by atoms with E-state index in [9.17, 15) is 18.0 Å². The van der Waals surface area contributed by atoms with Gasteiger partial charge in [-0.2, -0.15) is 0 Å². The number of carbonyl (C=O) groups excluding carboxylic acids is 2. The maximum absolute atomic E-state index is 13.5. The van der Waals surface area contributed by atoms with Crippen molar-refractivity contribution < 1.29 is 18.0 Å². The molecule has 0 N–H and O–H groups in total. The second-order valence-corrected chi connectivity index (χ2v) is 10.2. The van der Waals surface area contributed by atoms with Crippen LogP contribution >= 0.6 is 11.6 Å². The van der Waals surface area contributed by atoms with E-state index < -0.39 is 21.5 Å². The molecule has 1 atom stereocenters. The highest BCUT2D eigenvalue weighted by atomic mass is 35.5. The van der Waals surface area contributed by atoms with Gasteiger partial charge in [-0.25, -0.2) is 12.7 Å². The van der Waals surface area contributed by atoms with Crippen molar-refractivity contribution in [2.75, 3.05) is 21.1 Å². The average molecular weight is 449 g/mol. The minimum absolute atomic E-state index is 0.0218. The summed E-state index contributed by atoms with van der Waals surface area (Å²) in [7, 11) is 0.759. The number of hydrogen-bond acceptors (Lipinski definition) is 4. The smallest absolute Gasteiger partial charge is 0.254 e. The first-order chi connectivity index (χ1) is 14.1. The standard InChI is InChI=1S/C22H25ClN2O4S/c1-24(2)30(28,29)17-10-8-9-16(15-17)21(27)25(3)22(14-7-6-13-20(22)26)18-11-4-5-12-19(18)23/h4-5,8-12,15H,6-7,13-14H2,1-3H3/t22-/m1/s1. The zero-order chi connectivity index (χ0) is 22.1. The molecule has 160 valence electrons. The maximum Gasteiger partial charge on any atom is 0.254 e. The topological polar surface area (TPSA) is 74.8 Å². The third-order valence-electron chi connectivity index (χ3n) is 5.71. The number of carbonyl (C=O) groups is 2. The Kier molecular flexibility index (Phi) is 6.36. The minimum atomic E-state index is -3.69. The van der Waals surface area contributed by atoms with Gasteiger partial charge in [-0.1, -0.05) is 35.9 Å². The Morgan fingerprint density at radius 2 is 1.73 bits per heavy atom. The van der Waals surface area contributed by atoms with Crippen LogP contribution in [0.15, 0.2) is 53.4 Å². The number of halogens is 1. The van der Waals surface area contributed by atoms with Gasteiger partial charge in [-0.15, -0.1) is 0 Å². The van der Waals surface area contributed by atoms with E-state index in [1.165, 1.54) is 37.2 Å². The van der Waals surface area contributed by atoms with Crippen molar-refractivity contribution in [2.45, 2.75) is 36.1 Å². The van der Waals surface area contributed by atoms with Gasteiger partial charge in [0.25, 0.3) is 5.91 Å². The number of sulfonamides is 1. The van der Waals surface area contributed by atoms with Crippen LogP contribution in [-0.2, 0) is 20.4 Å². The summed E-state index contributed by atoms with van der Waals surface area (Å²) in [6.45, 7) is 0. The average Bonchev–Trinajstić information content (AvgIpc) is 2.73. The van der Waals surface area contributed by atoms with Crippen LogP contribution in [0.3, 0.4) is 0 Å². The van der Waals surface area contributed by atoms with Crippen LogP contribution in [0.25, 0.3) is 0 Å². The van der Waals surface area contributed by atoms with Crippen LogP contribution in [0.4, 0.5) is 0 Å². The lowest BCUT2D eigenvalue weighted by Gasteiger charge is -2.44. The summed E-state index contributed by atoms with van der Waals surface area (Å²) in [6.07, 6.45) is 2.37. The van der Waals surface area contributed by atoms with E-state index >= 15 is 0 Å². The second kappa shape index (κ2) is 8.49. The summed E-state index contributed by atoms with van der Waals surface area (Å²) in [5.41, 5.74) is -0.376. The fraction of sp³-hybridized carbons (Fsp3) is 0.364. The molecule has 0 unspecified atom stereocenters. The van der Waals surface area contributed by atoms with E-state index in [2.05, 4.69) is 0 Å². The van der Waals surface area contributed by atoms with E-state index in [4.69, 9.17) is 11.6 Å². The highest BCUT2D eigenvalue weighted by Gasteiger charge is 2.48. The number of rotatable bonds is 5. The summed E-state index contributed by atoms with van der Waals surface area (Å²) >= 11 is 6.45. The molecule has 2 aromatic rings. The number of hydrogen-bond donors (Lipinski definition) is 0. The molecular weight excluding hydrogens is 424 g/mol. The monoisotopic (exact) mass is 448 g/mol. The molecule has 0 heterocycles. The van der Waals surface area contributed by atoms with E-state index in [0.29, 0.717) is 23.4 Å². The van der Waals surface area contributed by atoms with Crippen molar-refractivity contribution in [3.05, 3.63) is 64.7 Å². The summed E-state index contributed by atoms with van der Waals surface area (Å²) in [6, 6.07) is 13.0.